The van der Waals surface area contributed by atoms with Crippen molar-refractivity contribution in [2.45, 2.75) is 25.3 Å². The lowest BCUT2D eigenvalue weighted by molar-refractivity contribution is -0.145. The Hall–Kier alpha value is -2.35. The van der Waals surface area contributed by atoms with Crippen molar-refractivity contribution in [2.24, 2.45) is 5.92 Å². The van der Waals surface area contributed by atoms with Crippen molar-refractivity contribution in [3.05, 3.63) is 35.4 Å². The molecule has 0 aromatic heterocycles. The van der Waals surface area contributed by atoms with Crippen LogP contribution >= 0.6 is 0 Å². The van der Waals surface area contributed by atoms with Crippen LogP contribution in [0.3, 0.4) is 0 Å². The smallest absolute Gasteiger partial charge is 0.328 e. The Morgan fingerprint density at radius 2 is 2.15 bits per heavy atom. The lowest BCUT2D eigenvalue weighted by Crippen LogP contribution is -2.43. The summed E-state index contributed by atoms with van der Waals surface area (Å²) in [6.07, 6.45) is 2.00. The maximum absolute atomic E-state index is 11.8. The van der Waals surface area contributed by atoms with Gasteiger partial charge in [-0.2, -0.15) is 5.26 Å². The van der Waals surface area contributed by atoms with Gasteiger partial charge < -0.3 is 10.1 Å². The molecule has 1 aromatic carbocycles. The molecule has 0 aliphatic heterocycles. The highest BCUT2D eigenvalue weighted by Crippen LogP contribution is 2.29. The van der Waals surface area contributed by atoms with Crippen molar-refractivity contribution in [3.8, 4) is 6.07 Å². The van der Waals surface area contributed by atoms with E-state index in [0.29, 0.717) is 5.56 Å². The topological polar surface area (TPSA) is 79.2 Å². The van der Waals surface area contributed by atoms with Gasteiger partial charge in [0.1, 0.15) is 6.04 Å². The van der Waals surface area contributed by atoms with Crippen molar-refractivity contribution < 1.29 is 14.3 Å². The average molecular weight is 272 g/mol. The van der Waals surface area contributed by atoms with Crippen LogP contribution in [0.5, 0.6) is 0 Å². The van der Waals surface area contributed by atoms with Crippen LogP contribution in [0, 0.1) is 17.2 Å². The molecule has 0 unspecified atom stereocenters. The van der Waals surface area contributed by atoms with E-state index in [4.69, 9.17) is 10.00 Å². The number of carbonyl (C=O) groups excluding carboxylic acids is 2. The minimum Gasteiger partial charge on any atom is -0.467 e. The second kappa shape index (κ2) is 6.20. The molecule has 0 bridgehead atoms. The zero-order valence-electron chi connectivity index (χ0n) is 11.3. The Balaban J connectivity index is 2.12. The first-order chi connectivity index (χ1) is 9.65. The minimum absolute atomic E-state index is 0.0216. The fourth-order valence-corrected chi connectivity index (χ4v) is 2.00. The standard InChI is InChI=1S/C15H16N2O3/c1-20-15(19)13(17-14(18)10-6-7-10)8-11-4-2-3-5-12(11)9-16/h2-5,10,13H,6-8H2,1H3,(H,17,18)/t13-/m1/s1. The number of carbonyl (C=O) groups is 2. The molecule has 1 amide bonds. The predicted octanol–water partition coefficient (Wildman–Crippen LogP) is 1.17. The number of hydrogen-bond acceptors (Lipinski definition) is 4. The molecule has 1 aliphatic carbocycles. The van der Waals surface area contributed by atoms with Crippen molar-refractivity contribution in [2.75, 3.05) is 7.11 Å². The predicted molar refractivity (Wildman–Crippen MR) is 71.5 cm³/mol. The van der Waals surface area contributed by atoms with E-state index in [0.717, 1.165) is 18.4 Å². The molecule has 0 spiro atoms. The van der Waals surface area contributed by atoms with Gasteiger partial charge in [-0.3, -0.25) is 4.79 Å². The summed E-state index contributed by atoms with van der Waals surface area (Å²) >= 11 is 0. The van der Waals surface area contributed by atoms with Gasteiger partial charge in [0, 0.05) is 12.3 Å². The molecule has 1 fully saturated rings. The number of ether oxygens (including phenoxy) is 1. The summed E-state index contributed by atoms with van der Waals surface area (Å²) in [5, 5.41) is 11.8. The quantitative estimate of drug-likeness (QED) is 0.816. The van der Waals surface area contributed by atoms with Crippen LogP contribution in [0.25, 0.3) is 0 Å². The number of nitrogens with one attached hydrogen (secondary N) is 1. The largest absolute Gasteiger partial charge is 0.467 e. The summed E-state index contributed by atoms with van der Waals surface area (Å²) in [6, 6.07) is 8.36. The number of hydrogen-bond donors (Lipinski definition) is 1. The monoisotopic (exact) mass is 272 g/mol. The van der Waals surface area contributed by atoms with Crippen LogP contribution in [0.2, 0.25) is 0 Å². The summed E-state index contributed by atoms with van der Waals surface area (Å²) in [5.41, 5.74) is 1.23. The average Bonchev–Trinajstić information content (AvgIpc) is 3.30. The molecule has 0 heterocycles. The second-order valence-electron chi connectivity index (χ2n) is 4.83. The van der Waals surface area contributed by atoms with Crippen molar-refractivity contribution in [3.63, 3.8) is 0 Å². The number of benzene rings is 1. The second-order valence-corrected chi connectivity index (χ2v) is 4.83. The third kappa shape index (κ3) is 3.35. The molecular weight excluding hydrogens is 256 g/mol. The summed E-state index contributed by atoms with van der Waals surface area (Å²) in [7, 11) is 1.29. The Bertz CT molecular complexity index is 558. The Morgan fingerprint density at radius 1 is 1.45 bits per heavy atom. The van der Waals surface area contributed by atoms with Crippen LogP contribution in [0.4, 0.5) is 0 Å². The van der Waals surface area contributed by atoms with Gasteiger partial charge in [0.05, 0.1) is 18.7 Å². The number of methoxy groups -OCH3 is 1. The summed E-state index contributed by atoms with van der Waals surface area (Å²) in [4.78, 5) is 23.6. The minimum atomic E-state index is -0.748. The third-order valence-corrected chi connectivity index (χ3v) is 3.31. The van der Waals surface area contributed by atoms with Gasteiger partial charge in [0.15, 0.2) is 0 Å². The molecule has 1 aromatic rings. The molecule has 5 heteroatoms. The molecule has 1 N–H and O–H groups in total. The highest BCUT2D eigenvalue weighted by atomic mass is 16.5. The number of rotatable bonds is 5. The van der Waals surface area contributed by atoms with Crippen molar-refractivity contribution >= 4 is 11.9 Å². The summed E-state index contributed by atoms with van der Waals surface area (Å²) in [6.45, 7) is 0. The third-order valence-electron chi connectivity index (χ3n) is 3.31. The number of amides is 1. The first-order valence-corrected chi connectivity index (χ1v) is 6.52. The van der Waals surface area contributed by atoms with Crippen LogP contribution < -0.4 is 5.32 Å². The van der Waals surface area contributed by atoms with Gasteiger partial charge in [0.25, 0.3) is 0 Å². The highest BCUT2D eigenvalue weighted by molar-refractivity contribution is 5.87. The van der Waals surface area contributed by atoms with Gasteiger partial charge >= 0.3 is 5.97 Å². The van der Waals surface area contributed by atoms with E-state index in [1.807, 2.05) is 0 Å². The van der Waals surface area contributed by atoms with Crippen molar-refractivity contribution in [1.29, 1.82) is 5.26 Å². The van der Waals surface area contributed by atoms with Crippen molar-refractivity contribution in [1.82, 2.24) is 5.32 Å². The molecular formula is C15H16N2O3. The van der Waals surface area contributed by atoms with Crippen LogP contribution in [0.1, 0.15) is 24.0 Å². The zero-order valence-corrected chi connectivity index (χ0v) is 11.3. The molecule has 20 heavy (non-hydrogen) atoms. The number of esters is 1. The van der Waals surface area contributed by atoms with E-state index in [2.05, 4.69) is 11.4 Å². The van der Waals surface area contributed by atoms with E-state index in [1.165, 1.54) is 7.11 Å². The normalized spacial score (nSPS) is 15.0. The lowest BCUT2D eigenvalue weighted by atomic mass is 10.0. The first-order valence-electron chi connectivity index (χ1n) is 6.52. The molecule has 0 radical (unpaired) electrons. The number of nitriles is 1. The fourth-order valence-electron chi connectivity index (χ4n) is 2.00. The molecule has 1 atom stereocenters. The van der Waals surface area contributed by atoms with E-state index in [1.54, 1.807) is 24.3 Å². The van der Waals surface area contributed by atoms with Crippen LogP contribution in [-0.4, -0.2) is 25.0 Å². The Labute approximate surface area is 117 Å². The van der Waals surface area contributed by atoms with Gasteiger partial charge in [0.2, 0.25) is 5.91 Å². The van der Waals surface area contributed by atoms with Crippen LogP contribution in [-0.2, 0) is 20.7 Å². The highest BCUT2D eigenvalue weighted by Gasteiger charge is 2.33. The summed E-state index contributed by atoms with van der Waals surface area (Å²) < 4.78 is 4.72. The van der Waals surface area contributed by atoms with E-state index < -0.39 is 12.0 Å². The lowest BCUT2D eigenvalue weighted by Gasteiger charge is -2.17. The Morgan fingerprint density at radius 3 is 2.75 bits per heavy atom. The zero-order chi connectivity index (χ0) is 14.5. The van der Waals surface area contributed by atoms with E-state index in [-0.39, 0.29) is 18.2 Å². The SMILES string of the molecule is COC(=O)[C@@H](Cc1ccccc1C#N)NC(=O)C1CC1. The summed E-state index contributed by atoms with van der Waals surface area (Å²) in [5.74, 6) is -0.588. The van der Waals surface area contributed by atoms with Gasteiger partial charge in [-0.25, -0.2) is 4.79 Å². The maximum atomic E-state index is 11.8. The number of nitrogens with zero attached hydrogens (tertiary/aromatic N) is 1. The molecule has 1 aliphatic rings. The van der Waals surface area contributed by atoms with E-state index >= 15 is 0 Å². The fraction of sp³-hybridized carbons (Fsp3) is 0.400. The van der Waals surface area contributed by atoms with Gasteiger partial charge in [-0.15, -0.1) is 0 Å². The molecule has 2 rings (SSSR count). The molecule has 1 saturated carbocycles. The van der Waals surface area contributed by atoms with Crippen LogP contribution in [0.15, 0.2) is 24.3 Å². The van der Waals surface area contributed by atoms with Gasteiger partial charge in [-0.1, -0.05) is 18.2 Å². The van der Waals surface area contributed by atoms with Gasteiger partial charge in [-0.05, 0) is 24.5 Å². The molecule has 5 nitrogen and oxygen atoms in total. The maximum Gasteiger partial charge on any atom is 0.328 e. The first kappa shape index (κ1) is 14.1. The van der Waals surface area contributed by atoms with E-state index in [9.17, 15) is 9.59 Å². The molecule has 104 valence electrons. The Kier molecular flexibility index (Phi) is 4.36. The molecule has 0 saturated heterocycles.